The molecule has 5 rings (SSSR count). The van der Waals surface area contributed by atoms with Gasteiger partial charge in [0.25, 0.3) is 0 Å². The molecule has 0 saturated carbocycles. The molecule has 6 heteroatoms. The van der Waals surface area contributed by atoms with Crippen LogP contribution in [0.15, 0.2) is 54.9 Å². The number of anilines is 1. The van der Waals surface area contributed by atoms with Crippen LogP contribution in [0.3, 0.4) is 0 Å². The third-order valence-electron chi connectivity index (χ3n) is 5.53. The van der Waals surface area contributed by atoms with Crippen LogP contribution in [0.1, 0.15) is 18.1 Å². The van der Waals surface area contributed by atoms with Gasteiger partial charge in [-0.15, -0.1) is 0 Å². The van der Waals surface area contributed by atoms with Gasteiger partial charge < -0.3 is 10.1 Å². The normalized spacial score (nSPS) is 25.4. The van der Waals surface area contributed by atoms with Crippen LogP contribution in [0, 0.1) is 5.82 Å². The van der Waals surface area contributed by atoms with E-state index in [1.54, 1.807) is 6.07 Å². The van der Waals surface area contributed by atoms with Crippen molar-refractivity contribution in [2.45, 2.75) is 24.6 Å². The van der Waals surface area contributed by atoms with Crippen LogP contribution in [-0.4, -0.2) is 46.6 Å². The summed E-state index contributed by atoms with van der Waals surface area (Å²) in [5, 5.41) is 4.39. The molecule has 0 amide bonds. The molecule has 2 saturated heterocycles. The Balaban J connectivity index is 1.30. The zero-order valence-corrected chi connectivity index (χ0v) is 14.9. The number of nitrogens with one attached hydrogen (secondary N) is 1. The monoisotopic (exact) mass is 364 g/mol. The molecule has 1 aromatic heterocycles. The highest BCUT2D eigenvalue weighted by atomic mass is 19.1. The zero-order valence-electron chi connectivity index (χ0n) is 14.9. The Bertz CT molecular complexity index is 951. The summed E-state index contributed by atoms with van der Waals surface area (Å²) in [6, 6.07) is 15.7. The summed E-state index contributed by atoms with van der Waals surface area (Å²) in [5.41, 5.74) is 1.85. The molecule has 2 aliphatic rings. The van der Waals surface area contributed by atoms with Gasteiger partial charge in [-0.1, -0.05) is 30.3 Å². The molecular weight excluding hydrogens is 343 g/mol. The second kappa shape index (κ2) is 6.87. The molecule has 138 valence electrons. The average Bonchev–Trinajstić information content (AvgIpc) is 3.10. The third-order valence-corrected chi connectivity index (χ3v) is 5.53. The Labute approximate surface area is 157 Å². The number of halogens is 1. The van der Waals surface area contributed by atoms with Gasteiger partial charge in [0, 0.05) is 36.6 Å². The van der Waals surface area contributed by atoms with E-state index in [4.69, 9.17) is 4.74 Å². The lowest BCUT2D eigenvalue weighted by atomic mass is 10.1. The minimum Gasteiger partial charge on any atom is -0.371 e. The first-order valence-corrected chi connectivity index (χ1v) is 9.33. The molecule has 5 nitrogen and oxygen atoms in total. The van der Waals surface area contributed by atoms with Crippen molar-refractivity contribution in [1.29, 1.82) is 0 Å². The molecule has 1 N–H and O–H groups in total. The van der Waals surface area contributed by atoms with Crippen LogP contribution in [0.5, 0.6) is 0 Å². The van der Waals surface area contributed by atoms with E-state index >= 15 is 0 Å². The molecule has 2 aromatic carbocycles. The molecule has 0 radical (unpaired) electrons. The van der Waals surface area contributed by atoms with E-state index in [1.165, 1.54) is 24.0 Å². The largest absolute Gasteiger partial charge is 0.371 e. The minimum atomic E-state index is -0.283. The lowest BCUT2D eigenvalue weighted by molar-refractivity contribution is -0.0501. The van der Waals surface area contributed by atoms with Crippen LogP contribution in [0.2, 0.25) is 0 Å². The molecule has 0 spiro atoms. The van der Waals surface area contributed by atoms with Crippen molar-refractivity contribution in [3.8, 4) is 0 Å². The maximum absolute atomic E-state index is 13.4. The number of benzene rings is 2. The highest BCUT2D eigenvalue weighted by Crippen LogP contribution is 2.32. The highest BCUT2D eigenvalue weighted by Gasteiger charge is 2.37. The van der Waals surface area contributed by atoms with Crippen molar-refractivity contribution in [2.75, 3.05) is 25.0 Å². The fraction of sp³-hybridized carbons (Fsp3) is 0.333. The molecule has 2 fully saturated rings. The van der Waals surface area contributed by atoms with E-state index in [9.17, 15) is 4.39 Å². The predicted molar refractivity (Wildman–Crippen MR) is 102 cm³/mol. The molecule has 3 atom stereocenters. The number of ether oxygens (including phenoxy) is 1. The molecule has 0 aliphatic carbocycles. The summed E-state index contributed by atoms with van der Waals surface area (Å²) in [5.74, 6) is 0.486. The van der Waals surface area contributed by atoms with Gasteiger partial charge in [-0.05, 0) is 24.1 Å². The lowest BCUT2D eigenvalue weighted by Crippen LogP contribution is -2.42. The van der Waals surface area contributed by atoms with Crippen molar-refractivity contribution >= 4 is 16.7 Å². The van der Waals surface area contributed by atoms with E-state index in [2.05, 4.69) is 44.5 Å². The van der Waals surface area contributed by atoms with Gasteiger partial charge in [-0.3, -0.25) is 4.90 Å². The Kier molecular flexibility index (Phi) is 4.22. The first kappa shape index (κ1) is 16.6. The molecule has 3 aromatic rings. The predicted octanol–water partition coefficient (Wildman–Crippen LogP) is 3.40. The Morgan fingerprint density at radius 1 is 1.07 bits per heavy atom. The fourth-order valence-corrected chi connectivity index (χ4v) is 4.19. The van der Waals surface area contributed by atoms with E-state index < -0.39 is 0 Å². The summed E-state index contributed by atoms with van der Waals surface area (Å²) in [6.45, 7) is 2.60. The second-order valence-corrected chi connectivity index (χ2v) is 7.30. The summed E-state index contributed by atoms with van der Waals surface area (Å²) >= 11 is 0. The summed E-state index contributed by atoms with van der Waals surface area (Å²) in [4.78, 5) is 11.1. The highest BCUT2D eigenvalue weighted by molar-refractivity contribution is 5.88. The maximum Gasteiger partial charge on any atom is 0.137 e. The lowest BCUT2D eigenvalue weighted by Gasteiger charge is -2.35. The fourth-order valence-electron chi connectivity index (χ4n) is 4.19. The number of fused-ring (bicyclic) bond motifs is 2. The Morgan fingerprint density at radius 2 is 1.96 bits per heavy atom. The average molecular weight is 364 g/mol. The van der Waals surface area contributed by atoms with Gasteiger partial charge in [0.05, 0.1) is 18.2 Å². The topological polar surface area (TPSA) is 50.3 Å². The molecule has 0 bridgehead atoms. The van der Waals surface area contributed by atoms with E-state index in [-0.39, 0.29) is 18.0 Å². The number of morpholine rings is 1. The quantitative estimate of drug-likeness (QED) is 0.772. The minimum absolute atomic E-state index is 0.129. The number of hydrogen-bond donors (Lipinski definition) is 1. The first-order valence-electron chi connectivity index (χ1n) is 9.33. The van der Waals surface area contributed by atoms with Gasteiger partial charge in [-0.25, -0.2) is 14.4 Å². The first-order chi connectivity index (χ1) is 13.3. The van der Waals surface area contributed by atoms with Crippen LogP contribution in [-0.2, 0) is 4.74 Å². The molecule has 2 aliphatic heterocycles. The third kappa shape index (κ3) is 3.26. The zero-order chi connectivity index (χ0) is 18.2. The second-order valence-electron chi connectivity index (χ2n) is 7.30. The van der Waals surface area contributed by atoms with Crippen molar-refractivity contribution in [2.24, 2.45) is 0 Å². The van der Waals surface area contributed by atoms with Crippen LogP contribution in [0.4, 0.5) is 10.2 Å². The smallest absolute Gasteiger partial charge is 0.137 e. The van der Waals surface area contributed by atoms with E-state index in [0.717, 1.165) is 37.3 Å². The standard InChI is InChI=1S/C21H21FN4O/c22-15-6-7-18-19(8-15)23-13-24-21(18)25-16-9-17-12-27-20(11-26(17)10-16)14-4-2-1-3-5-14/h1-8,13,16-17,20H,9-12H2,(H,23,24,25)/t16-,17+,20-/m1/s1. The van der Waals surface area contributed by atoms with Gasteiger partial charge in [0.15, 0.2) is 0 Å². The molecule has 0 unspecified atom stereocenters. The van der Waals surface area contributed by atoms with Gasteiger partial charge >= 0.3 is 0 Å². The van der Waals surface area contributed by atoms with Gasteiger partial charge in [0.1, 0.15) is 18.0 Å². The van der Waals surface area contributed by atoms with Crippen molar-refractivity contribution in [1.82, 2.24) is 14.9 Å². The van der Waals surface area contributed by atoms with E-state index in [0.29, 0.717) is 11.6 Å². The van der Waals surface area contributed by atoms with Gasteiger partial charge in [-0.2, -0.15) is 0 Å². The SMILES string of the molecule is Fc1ccc2c(N[C@@H]3C[C@H]4CO[C@@H](c5ccccc5)CN4C3)ncnc2c1. The molecule has 27 heavy (non-hydrogen) atoms. The number of rotatable bonds is 3. The maximum atomic E-state index is 13.4. The van der Waals surface area contributed by atoms with Crippen molar-refractivity contribution in [3.63, 3.8) is 0 Å². The number of hydrogen-bond acceptors (Lipinski definition) is 5. The van der Waals surface area contributed by atoms with Crippen LogP contribution in [0.25, 0.3) is 10.9 Å². The van der Waals surface area contributed by atoms with E-state index in [1.807, 2.05) is 6.07 Å². The van der Waals surface area contributed by atoms with Crippen molar-refractivity contribution in [3.05, 3.63) is 66.2 Å². The summed E-state index contributed by atoms with van der Waals surface area (Å²) in [6.07, 6.45) is 2.62. The molecular formula is C21H21FN4O. The van der Waals surface area contributed by atoms with Crippen molar-refractivity contribution < 1.29 is 9.13 Å². The Hall–Kier alpha value is -2.57. The Morgan fingerprint density at radius 3 is 2.85 bits per heavy atom. The number of nitrogens with zero attached hydrogens (tertiary/aromatic N) is 3. The van der Waals surface area contributed by atoms with Gasteiger partial charge in [0.2, 0.25) is 0 Å². The number of aromatic nitrogens is 2. The van der Waals surface area contributed by atoms with Crippen LogP contribution < -0.4 is 5.32 Å². The van der Waals surface area contributed by atoms with Crippen LogP contribution >= 0.6 is 0 Å². The summed E-state index contributed by atoms with van der Waals surface area (Å²) in [7, 11) is 0. The molecule has 3 heterocycles. The summed E-state index contributed by atoms with van der Waals surface area (Å²) < 4.78 is 19.6.